The van der Waals surface area contributed by atoms with Gasteiger partial charge in [0.15, 0.2) is 0 Å². The SMILES string of the molecule is CC[CH2][Na].O.O=C(O)c1ccc(O)cc1. The van der Waals surface area contributed by atoms with Crippen molar-refractivity contribution < 1.29 is 20.5 Å². The van der Waals surface area contributed by atoms with Crippen molar-refractivity contribution in [2.75, 3.05) is 0 Å². The molecule has 0 aliphatic heterocycles. The molecule has 5 heteroatoms. The number of carbonyl (C=O) groups is 1. The van der Waals surface area contributed by atoms with Crippen LogP contribution in [0.1, 0.15) is 23.7 Å². The summed E-state index contributed by atoms with van der Waals surface area (Å²) < 4.78 is 1.46. The van der Waals surface area contributed by atoms with Crippen LogP contribution in [0.15, 0.2) is 24.3 Å². The molecule has 0 bridgehead atoms. The van der Waals surface area contributed by atoms with Crippen LogP contribution in [0.4, 0.5) is 0 Å². The molecule has 4 nitrogen and oxygen atoms in total. The van der Waals surface area contributed by atoms with Crippen LogP contribution in [0.25, 0.3) is 0 Å². The van der Waals surface area contributed by atoms with Gasteiger partial charge in [-0.25, -0.2) is 4.79 Å². The first-order valence-corrected chi connectivity index (χ1v) is 6.05. The van der Waals surface area contributed by atoms with Crippen molar-refractivity contribution in [1.82, 2.24) is 0 Å². The first-order chi connectivity index (χ1) is 6.61. The Balaban J connectivity index is 0. The van der Waals surface area contributed by atoms with E-state index in [2.05, 4.69) is 6.92 Å². The normalized spacial score (nSPS) is 8.20. The van der Waals surface area contributed by atoms with Crippen LogP contribution in [0, 0.1) is 0 Å². The second-order valence-corrected chi connectivity index (χ2v) is 3.85. The van der Waals surface area contributed by atoms with Gasteiger partial charge in [0.05, 0.1) is 5.56 Å². The molecule has 0 spiro atoms. The average molecular weight is 222 g/mol. The number of phenols is 1. The summed E-state index contributed by atoms with van der Waals surface area (Å²) in [7, 11) is 0. The van der Waals surface area contributed by atoms with Gasteiger partial charge in [-0.2, -0.15) is 0 Å². The molecule has 0 saturated carbocycles. The van der Waals surface area contributed by atoms with Crippen molar-refractivity contribution in [1.29, 1.82) is 0 Å². The molecular formula is C10H15NaO4. The Hall–Kier alpha value is -0.550. The van der Waals surface area contributed by atoms with E-state index < -0.39 is 5.97 Å². The van der Waals surface area contributed by atoms with Gasteiger partial charge in [-0.05, 0) is 24.3 Å². The minimum Gasteiger partial charge on any atom is -0.508 e. The van der Waals surface area contributed by atoms with Gasteiger partial charge in [-0.1, -0.05) is 0 Å². The van der Waals surface area contributed by atoms with Crippen molar-refractivity contribution in [2.45, 2.75) is 17.0 Å². The molecule has 1 rings (SSSR count). The first kappa shape index (κ1) is 16.9. The second kappa shape index (κ2) is 9.98. The topological polar surface area (TPSA) is 89.0 Å². The summed E-state index contributed by atoms with van der Waals surface area (Å²) in [5.74, 6) is -0.912. The summed E-state index contributed by atoms with van der Waals surface area (Å²) in [6.45, 7) is 2.22. The molecule has 0 amide bonds. The number of carboxylic acid groups (broad SMARTS) is 1. The Kier molecular flexibility index (Phi) is 11.2. The maximum Gasteiger partial charge on any atom is 0.335 e. The molecule has 0 saturated heterocycles. The zero-order chi connectivity index (χ0) is 11.0. The minimum absolute atomic E-state index is 0. The standard InChI is InChI=1S/C7H6O3.C3H7.Na.H2O/c8-6-3-1-5(2-4-6)7(9)10;1-3-2;;/h1-4,8H,(H,9,10);1,3H2,2H3;;1H2. The fraction of sp³-hybridized carbons (Fsp3) is 0.300. The van der Waals surface area contributed by atoms with Crippen LogP contribution in [-0.2, 0) is 0 Å². The summed E-state index contributed by atoms with van der Waals surface area (Å²) in [6.07, 6.45) is 1.38. The Labute approximate surface area is 107 Å². The third kappa shape index (κ3) is 8.44. The molecule has 1 aromatic carbocycles. The predicted octanol–water partition coefficient (Wildman–Crippen LogP) is 1.25. The van der Waals surface area contributed by atoms with E-state index in [0.717, 1.165) is 0 Å². The molecule has 0 unspecified atom stereocenters. The van der Waals surface area contributed by atoms with Crippen molar-refractivity contribution in [2.24, 2.45) is 0 Å². The third-order valence-corrected chi connectivity index (χ3v) is 2.61. The van der Waals surface area contributed by atoms with E-state index in [0.29, 0.717) is 0 Å². The molecule has 80 valence electrons. The van der Waals surface area contributed by atoms with Crippen molar-refractivity contribution in [3.05, 3.63) is 29.8 Å². The van der Waals surface area contributed by atoms with Crippen LogP contribution in [0.3, 0.4) is 0 Å². The third-order valence-electron chi connectivity index (χ3n) is 1.61. The van der Waals surface area contributed by atoms with Crippen LogP contribution in [0.2, 0.25) is 3.67 Å². The fourth-order valence-electron chi connectivity index (χ4n) is 0.604. The monoisotopic (exact) mass is 222 g/mol. The summed E-state index contributed by atoms with van der Waals surface area (Å²) in [5, 5.41) is 17.1. The van der Waals surface area contributed by atoms with E-state index in [1.165, 1.54) is 62.3 Å². The quantitative estimate of drug-likeness (QED) is 0.738. The number of aromatic carboxylic acids is 1. The Bertz CT molecular complexity index is 269. The van der Waals surface area contributed by atoms with Crippen molar-refractivity contribution in [3.63, 3.8) is 0 Å². The van der Waals surface area contributed by atoms with E-state index in [-0.39, 0.29) is 16.8 Å². The van der Waals surface area contributed by atoms with Gasteiger partial charge in [0.2, 0.25) is 0 Å². The van der Waals surface area contributed by atoms with E-state index >= 15 is 0 Å². The average Bonchev–Trinajstić information content (AvgIpc) is 2.19. The molecule has 0 atom stereocenters. The zero-order valence-corrected chi connectivity index (χ0v) is 11.0. The molecule has 0 heterocycles. The maximum atomic E-state index is 10.2. The molecule has 0 aliphatic rings. The fourth-order valence-corrected chi connectivity index (χ4v) is 0.604. The van der Waals surface area contributed by atoms with Gasteiger partial charge in [0, 0.05) is 0 Å². The van der Waals surface area contributed by atoms with Gasteiger partial charge in [0.1, 0.15) is 5.75 Å². The molecular weight excluding hydrogens is 207 g/mol. The van der Waals surface area contributed by atoms with E-state index in [1.54, 1.807) is 0 Å². The van der Waals surface area contributed by atoms with Gasteiger partial charge in [0.25, 0.3) is 0 Å². The van der Waals surface area contributed by atoms with Gasteiger partial charge in [-0.15, -0.1) is 0 Å². The smallest absolute Gasteiger partial charge is 0.335 e. The number of rotatable bonds is 2. The molecule has 0 aliphatic carbocycles. The predicted molar refractivity (Wildman–Crippen MR) is 59.5 cm³/mol. The summed E-state index contributed by atoms with van der Waals surface area (Å²) in [4.78, 5) is 10.2. The van der Waals surface area contributed by atoms with Crippen molar-refractivity contribution in [3.8, 4) is 5.75 Å². The Morgan fingerprint density at radius 1 is 1.33 bits per heavy atom. The molecule has 0 radical (unpaired) electrons. The van der Waals surface area contributed by atoms with Gasteiger partial charge >= 0.3 is 50.9 Å². The molecule has 1 aromatic rings. The van der Waals surface area contributed by atoms with Crippen LogP contribution in [0.5, 0.6) is 5.75 Å². The van der Waals surface area contributed by atoms with E-state index in [1.807, 2.05) is 0 Å². The maximum absolute atomic E-state index is 10.2. The first-order valence-electron chi connectivity index (χ1n) is 4.64. The molecule has 0 aromatic heterocycles. The zero-order valence-electron chi connectivity index (χ0n) is 9.03. The van der Waals surface area contributed by atoms with Gasteiger partial charge < -0.3 is 15.7 Å². The number of phenolic OH excluding ortho intramolecular Hbond substituents is 1. The second-order valence-electron chi connectivity index (χ2n) is 2.85. The summed E-state index contributed by atoms with van der Waals surface area (Å²) in [6, 6.07) is 5.36. The summed E-state index contributed by atoms with van der Waals surface area (Å²) >= 11 is 1.39. The number of hydrogen-bond acceptors (Lipinski definition) is 2. The number of hydrogen-bond donors (Lipinski definition) is 2. The minimum atomic E-state index is -0.986. The van der Waals surface area contributed by atoms with E-state index in [9.17, 15) is 4.79 Å². The number of carboxylic acids is 1. The van der Waals surface area contributed by atoms with Crippen LogP contribution in [-0.4, -0.2) is 49.6 Å². The summed E-state index contributed by atoms with van der Waals surface area (Å²) in [5.41, 5.74) is 0.179. The van der Waals surface area contributed by atoms with Gasteiger partial charge in [-0.3, -0.25) is 0 Å². The molecule has 15 heavy (non-hydrogen) atoms. The van der Waals surface area contributed by atoms with Crippen molar-refractivity contribution >= 4 is 33.9 Å². The van der Waals surface area contributed by atoms with Crippen LogP contribution < -0.4 is 0 Å². The molecule has 4 N–H and O–H groups in total. The van der Waals surface area contributed by atoms with E-state index in [4.69, 9.17) is 10.2 Å². The number of aromatic hydroxyl groups is 1. The molecule has 0 fully saturated rings. The Morgan fingerprint density at radius 2 is 1.73 bits per heavy atom. The number of benzene rings is 1. The van der Waals surface area contributed by atoms with Crippen LogP contribution >= 0.6 is 0 Å². The largest absolute Gasteiger partial charge is 0.508 e. The Morgan fingerprint density at radius 3 is 2.00 bits per heavy atom.